The first kappa shape index (κ1) is 14.3. The van der Waals surface area contributed by atoms with Gasteiger partial charge in [-0.15, -0.1) is 0 Å². The molecular weight excluding hydrogens is 260 g/mol. The average molecular weight is 280 g/mol. The van der Waals surface area contributed by atoms with Crippen molar-refractivity contribution in [2.45, 2.75) is 44.3 Å². The standard InChI is InChI=1S/C14H20N2O2S/c1-14(2,3)19(17)16-8-11-7-12(10-5-6-10)15-9-13(11)18-4/h7-10H,5-6H2,1-4H3/b16-8-. The van der Waals surface area contributed by atoms with Gasteiger partial charge in [-0.05, 0) is 39.7 Å². The summed E-state index contributed by atoms with van der Waals surface area (Å²) in [6.45, 7) is 5.71. The van der Waals surface area contributed by atoms with Crippen LogP contribution in [-0.2, 0) is 11.4 Å². The molecule has 0 aliphatic heterocycles. The van der Waals surface area contributed by atoms with E-state index in [2.05, 4.69) is 9.38 Å². The van der Waals surface area contributed by atoms with Crippen molar-refractivity contribution in [2.75, 3.05) is 7.11 Å². The number of hydrogen-bond acceptors (Lipinski definition) is 4. The van der Waals surface area contributed by atoms with E-state index in [-0.39, 0.29) is 4.75 Å². The minimum Gasteiger partial charge on any atom is -0.591 e. The summed E-state index contributed by atoms with van der Waals surface area (Å²) in [5.41, 5.74) is 1.92. The first-order valence-electron chi connectivity index (χ1n) is 6.42. The number of rotatable bonds is 4. The number of methoxy groups -OCH3 is 1. The maximum atomic E-state index is 11.9. The summed E-state index contributed by atoms with van der Waals surface area (Å²) in [4.78, 5) is 4.39. The summed E-state index contributed by atoms with van der Waals surface area (Å²) < 4.78 is 21.0. The molecule has 1 saturated carbocycles. The first-order chi connectivity index (χ1) is 8.91. The Hall–Kier alpha value is -1.07. The van der Waals surface area contributed by atoms with E-state index in [0.717, 1.165) is 11.3 Å². The van der Waals surface area contributed by atoms with Crippen LogP contribution in [0, 0.1) is 0 Å². The van der Waals surface area contributed by atoms with Crippen LogP contribution in [0.25, 0.3) is 0 Å². The summed E-state index contributed by atoms with van der Waals surface area (Å²) in [5.74, 6) is 1.24. The zero-order chi connectivity index (χ0) is 14.0. The number of nitrogens with zero attached hydrogens (tertiary/aromatic N) is 2. The minimum atomic E-state index is -1.26. The van der Waals surface area contributed by atoms with Gasteiger partial charge in [0.05, 0.1) is 19.5 Å². The normalized spacial score (nSPS) is 17.7. The van der Waals surface area contributed by atoms with E-state index in [0.29, 0.717) is 11.7 Å². The molecule has 5 heteroatoms. The molecule has 0 aromatic carbocycles. The fourth-order valence-electron chi connectivity index (χ4n) is 1.61. The van der Waals surface area contributed by atoms with Gasteiger partial charge in [0.15, 0.2) is 0 Å². The Morgan fingerprint density at radius 1 is 1.47 bits per heavy atom. The van der Waals surface area contributed by atoms with Gasteiger partial charge in [0, 0.05) is 17.2 Å². The first-order valence-corrected chi connectivity index (χ1v) is 7.52. The van der Waals surface area contributed by atoms with Gasteiger partial charge in [-0.25, -0.2) is 0 Å². The molecule has 1 heterocycles. The highest BCUT2D eigenvalue weighted by Crippen LogP contribution is 2.39. The molecule has 0 radical (unpaired) electrons. The van der Waals surface area contributed by atoms with Crippen molar-refractivity contribution in [3.05, 3.63) is 23.5 Å². The molecule has 1 aliphatic carbocycles. The van der Waals surface area contributed by atoms with Gasteiger partial charge in [-0.2, -0.15) is 0 Å². The molecule has 0 N–H and O–H groups in total. The Morgan fingerprint density at radius 2 is 2.16 bits per heavy atom. The molecule has 0 saturated heterocycles. The van der Waals surface area contributed by atoms with Crippen molar-refractivity contribution in [2.24, 2.45) is 4.40 Å². The minimum absolute atomic E-state index is 0.351. The molecule has 0 spiro atoms. The van der Waals surface area contributed by atoms with Gasteiger partial charge >= 0.3 is 0 Å². The lowest BCUT2D eigenvalue weighted by Crippen LogP contribution is -2.25. The van der Waals surface area contributed by atoms with Crippen LogP contribution in [0.2, 0.25) is 0 Å². The van der Waals surface area contributed by atoms with Crippen molar-refractivity contribution < 1.29 is 9.29 Å². The van der Waals surface area contributed by atoms with Gasteiger partial charge in [0.25, 0.3) is 0 Å². The molecule has 1 unspecified atom stereocenters. The lowest BCUT2D eigenvalue weighted by atomic mass is 10.2. The predicted molar refractivity (Wildman–Crippen MR) is 78.3 cm³/mol. The molecule has 1 aliphatic rings. The second-order valence-corrected chi connectivity index (χ2v) is 7.66. The molecule has 1 aromatic heterocycles. The van der Waals surface area contributed by atoms with Crippen LogP contribution in [0.4, 0.5) is 0 Å². The fourth-order valence-corrected chi connectivity index (χ4v) is 2.14. The molecule has 2 rings (SSSR count). The Balaban J connectivity index is 2.22. The van der Waals surface area contributed by atoms with E-state index < -0.39 is 11.4 Å². The Labute approximate surface area is 117 Å². The highest BCUT2D eigenvalue weighted by atomic mass is 32.2. The van der Waals surface area contributed by atoms with Gasteiger partial charge in [0.1, 0.15) is 21.9 Å². The maximum Gasteiger partial charge on any atom is 0.146 e. The fraction of sp³-hybridized carbons (Fsp3) is 0.571. The monoisotopic (exact) mass is 280 g/mol. The lowest BCUT2D eigenvalue weighted by molar-refractivity contribution is 0.412. The average Bonchev–Trinajstić information content (AvgIpc) is 3.18. The third-order valence-corrected chi connectivity index (χ3v) is 4.29. The highest BCUT2D eigenvalue weighted by Gasteiger charge is 2.27. The van der Waals surface area contributed by atoms with Crippen molar-refractivity contribution in [3.63, 3.8) is 0 Å². The number of pyridine rings is 1. The third-order valence-electron chi connectivity index (χ3n) is 2.95. The summed E-state index contributed by atoms with van der Waals surface area (Å²) in [6, 6.07) is 1.99. The summed E-state index contributed by atoms with van der Waals surface area (Å²) in [7, 11) is 1.60. The van der Waals surface area contributed by atoms with Crippen LogP contribution in [-0.4, -0.2) is 27.6 Å². The van der Waals surface area contributed by atoms with E-state index in [4.69, 9.17) is 4.74 Å². The number of ether oxygens (including phenoxy) is 1. The van der Waals surface area contributed by atoms with E-state index in [1.807, 2.05) is 26.8 Å². The maximum absolute atomic E-state index is 11.9. The van der Waals surface area contributed by atoms with Crippen molar-refractivity contribution in [1.82, 2.24) is 4.98 Å². The SMILES string of the molecule is COc1cnc(C2CC2)cc1/C=N\[S+]([O-])C(C)(C)C. The van der Waals surface area contributed by atoms with Crippen LogP contribution in [0.15, 0.2) is 16.7 Å². The zero-order valence-electron chi connectivity index (χ0n) is 11.8. The van der Waals surface area contributed by atoms with Crippen molar-refractivity contribution >= 4 is 17.6 Å². The van der Waals surface area contributed by atoms with Crippen LogP contribution in [0.1, 0.15) is 50.8 Å². The van der Waals surface area contributed by atoms with Crippen LogP contribution >= 0.6 is 0 Å². The Bertz CT molecular complexity index is 479. The van der Waals surface area contributed by atoms with Gasteiger partial charge in [-0.1, -0.05) is 4.40 Å². The molecule has 0 amide bonds. The summed E-state index contributed by atoms with van der Waals surface area (Å²) in [6.07, 6.45) is 5.75. The number of aromatic nitrogens is 1. The Morgan fingerprint density at radius 3 is 2.68 bits per heavy atom. The zero-order valence-corrected chi connectivity index (χ0v) is 12.7. The van der Waals surface area contributed by atoms with E-state index in [1.54, 1.807) is 19.5 Å². The molecule has 4 nitrogen and oxygen atoms in total. The second kappa shape index (κ2) is 5.51. The summed E-state index contributed by atoms with van der Waals surface area (Å²) >= 11 is -1.26. The van der Waals surface area contributed by atoms with Gasteiger partial charge in [-0.3, -0.25) is 4.98 Å². The van der Waals surface area contributed by atoms with Crippen LogP contribution in [0.3, 0.4) is 0 Å². The third kappa shape index (κ3) is 3.70. The highest BCUT2D eigenvalue weighted by molar-refractivity contribution is 7.91. The van der Waals surface area contributed by atoms with Gasteiger partial charge in [0.2, 0.25) is 0 Å². The van der Waals surface area contributed by atoms with Crippen molar-refractivity contribution in [1.29, 1.82) is 0 Å². The molecule has 104 valence electrons. The molecule has 1 aromatic rings. The lowest BCUT2D eigenvalue weighted by Gasteiger charge is -2.17. The topological polar surface area (TPSA) is 57.5 Å². The van der Waals surface area contributed by atoms with Crippen LogP contribution < -0.4 is 4.74 Å². The van der Waals surface area contributed by atoms with Gasteiger partial charge < -0.3 is 9.29 Å². The predicted octanol–water partition coefficient (Wildman–Crippen LogP) is 2.85. The van der Waals surface area contributed by atoms with E-state index in [1.165, 1.54) is 12.8 Å². The molecule has 1 fully saturated rings. The Kier molecular flexibility index (Phi) is 4.16. The number of hydrogen-bond donors (Lipinski definition) is 0. The second-order valence-electron chi connectivity index (χ2n) is 5.72. The van der Waals surface area contributed by atoms with E-state index >= 15 is 0 Å². The molecule has 19 heavy (non-hydrogen) atoms. The molecular formula is C14H20N2O2S. The molecule has 0 bridgehead atoms. The van der Waals surface area contributed by atoms with E-state index in [9.17, 15) is 4.55 Å². The van der Waals surface area contributed by atoms with Crippen LogP contribution in [0.5, 0.6) is 5.75 Å². The molecule has 1 atom stereocenters. The quantitative estimate of drug-likeness (QED) is 0.629. The summed E-state index contributed by atoms with van der Waals surface area (Å²) in [5, 5.41) is 0. The smallest absolute Gasteiger partial charge is 0.146 e. The van der Waals surface area contributed by atoms with Crippen molar-refractivity contribution in [3.8, 4) is 5.75 Å². The largest absolute Gasteiger partial charge is 0.591 e.